The number of nitrogens with two attached hydrogens (primary N) is 1. The lowest BCUT2D eigenvalue weighted by atomic mass is 10.1. The number of likely N-dealkylation sites (N-methyl/N-ethyl adjacent to an activating group) is 1. The normalized spacial score (nSPS) is 9.89. The first kappa shape index (κ1) is 14.0. The van der Waals surface area contributed by atoms with Gasteiger partial charge in [-0.25, -0.2) is 0 Å². The second kappa shape index (κ2) is 6.64. The fraction of sp³-hybridized carbons (Fsp3) is 0.385. The highest BCUT2D eigenvalue weighted by Crippen LogP contribution is 2.13. The van der Waals surface area contributed by atoms with Crippen molar-refractivity contribution in [1.29, 1.82) is 0 Å². The zero-order valence-electron chi connectivity index (χ0n) is 10.7. The quantitative estimate of drug-likeness (QED) is 0.631. The Morgan fingerprint density at radius 3 is 2.50 bits per heavy atom. The molecule has 0 fully saturated rings. The Morgan fingerprint density at radius 2 is 1.94 bits per heavy atom. The summed E-state index contributed by atoms with van der Waals surface area (Å²) in [7, 11) is 0. The summed E-state index contributed by atoms with van der Waals surface area (Å²) in [5.74, 6) is -0.675. The van der Waals surface area contributed by atoms with Crippen molar-refractivity contribution in [3.8, 4) is 0 Å². The summed E-state index contributed by atoms with van der Waals surface area (Å²) >= 11 is 0. The molecule has 0 aliphatic heterocycles. The van der Waals surface area contributed by atoms with Crippen LogP contribution in [0.3, 0.4) is 0 Å². The number of benzene rings is 1. The molecule has 2 N–H and O–H groups in total. The van der Waals surface area contributed by atoms with Crippen LogP contribution in [0.1, 0.15) is 24.2 Å². The van der Waals surface area contributed by atoms with Crippen molar-refractivity contribution in [2.75, 3.05) is 25.4 Å². The van der Waals surface area contributed by atoms with E-state index in [2.05, 4.69) is 0 Å². The fourth-order valence-electron chi connectivity index (χ4n) is 1.55. The van der Waals surface area contributed by atoms with Crippen LogP contribution in [0, 0.1) is 0 Å². The first-order valence-electron chi connectivity index (χ1n) is 5.89. The maximum atomic E-state index is 12.2. The van der Waals surface area contributed by atoms with Gasteiger partial charge in [0.2, 0.25) is 0 Å². The predicted molar refractivity (Wildman–Crippen MR) is 69.1 cm³/mol. The molecule has 0 bridgehead atoms. The summed E-state index contributed by atoms with van der Waals surface area (Å²) in [6, 6.07) is 6.80. The molecule has 5 heteroatoms. The van der Waals surface area contributed by atoms with Gasteiger partial charge in [-0.05, 0) is 26.0 Å². The number of hydrogen-bond acceptors (Lipinski definition) is 4. The first-order chi connectivity index (χ1) is 8.60. The number of anilines is 1. The van der Waals surface area contributed by atoms with Gasteiger partial charge in [-0.1, -0.05) is 12.1 Å². The maximum Gasteiger partial charge on any atom is 0.325 e. The van der Waals surface area contributed by atoms with E-state index in [0.717, 1.165) is 0 Å². The van der Waals surface area contributed by atoms with E-state index in [1.807, 2.05) is 0 Å². The molecule has 0 aliphatic carbocycles. The lowest BCUT2D eigenvalue weighted by Crippen LogP contribution is -2.36. The van der Waals surface area contributed by atoms with Gasteiger partial charge in [-0.3, -0.25) is 9.59 Å². The monoisotopic (exact) mass is 250 g/mol. The highest BCUT2D eigenvalue weighted by Gasteiger charge is 2.19. The summed E-state index contributed by atoms with van der Waals surface area (Å²) in [6.45, 7) is 4.20. The van der Waals surface area contributed by atoms with Crippen LogP contribution in [0.4, 0.5) is 5.69 Å². The molecule has 1 aromatic rings. The van der Waals surface area contributed by atoms with E-state index >= 15 is 0 Å². The van der Waals surface area contributed by atoms with Crippen LogP contribution < -0.4 is 5.73 Å². The predicted octanol–water partition coefficient (Wildman–Crippen LogP) is 1.29. The molecule has 98 valence electrons. The smallest absolute Gasteiger partial charge is 0.325 e. The van der Waals surface area contributed by atoms with E-state index in [1.54, 1.807) is 38.1 Å². The van der Waals surface area contributed by atoms with E-state index in [4.69, 9.17) is 10.5 Å². The molecular formula is C13H18N2O3. The third-order valence-corrected chi connectivity index (χ3v) is 2.49. The van der Waals surface area contributed by atoms with Gasteiger partial charge in [-0.2, -0.15) is 0 Å². The van der Waals surface area contributed by atoms with Crippen molar-refractivity contribution in [2.45, 2.75) is 13.8 Å². The van der Waals surface area contributed by atoms with Crippen LogP contribution in [0.15, 0.2) is 24.3 Å². The average molecular weight is 250 g/mol. The summed E-state index contributed by atoms with van der Waals surface area (Å²) in [6.07, 6.45) is 0. The van der Waals surface area contributed by atoms with Crippen molar-refractivity contribution < 1.29 is 14.3 Å². The molecule has 0 spiro atoms. The van der Waals surface area contributed by atoms with Gasteiger partial charge in [0.1, 0.15) is 6.54 Å². The molecule has 1 aromatic carbocycles. The van der Waals surface area contributed by atoms with Crippen molar-refractivity contribution in [3.63, 3.8) is 0 Å². The molecule has 1 rings (SSSR count). The van der Waals surface area contributed by atoms with Gasteiger partial charge >= 0.3 is 5.97 Å². The molecule has 18 heavy (non-hydrogen) atoms. The Bertz CT molecular complexity index is 432. The molecule has 0 saturated carbocycles. The number of para-hydroxylation sites is 1. The third kappa shape index (κ3) is 3.48. The third-order valence-electron chi connectivity index (χ3n) is 2.49. The van der Waals surface area contributed by atoms with Crippen molar-refractivity contribution >= 4 is 17.6 Å². The number of rotatable bonds is 5. The van der Waals surface area contributed by atoms with Gasteiger partial charge in [0.25, 0.3) is 5.91 Å². The van der Waals surface area contributed by atoms with Gasteiger partial charge in [0, 0.05) is 12.2 Å². The Kier molecular flexibility index (Phi) is 5.17. The number of carbonyl (C=O) groups is 2. The summed E-state index contributed by atoms with van der Waals surface area (Å²) in [4.78, 5) is 25.0. The van der Waals surface area contributed by atoms with Gasteiger partial charge in [-0.15, -0.1) is 0 Å². The number of nitrogen functional groups attached to an aromatic ring is 1. The van der Waals surface area contributed by atoms with Crippen molar-refractivity contribution in [3.05, 3.63) is 29.8 Å². The zero-order chi connectivity index (χ0) is 13.5. The van der Waals surface area contributed by atoms with Crippen LogP contribution in [0.25, 0.3) is 0 Å². The number of hydrogen-bond donors (Lipinski definition) is 1. The van der Waals surface area contributed by atoms with Crippen LogP contribution in [0.2, 0.25) is 0 Å². The van der Waals surface area contributed by atoms with Gasteiger partial charge in [0.05, 0.1) is 12.2 Å². The van der Waals surface area contributed by atoms with Crippen molar-refractivity contribution in [1.82, 2.24) is 4.90 Å². The number of esters is 1. The van der Waals surface area contributed by atoms with E-state index in [-0.39, 0.29) is 12.5 Å². The molecule has 0 heterocycles. The number of carbonyl (C=O) groups excluding carboxylic acids is 2. The molecule has 1 amide bonds. The summed E-state index contributed by atoms with van der Waals surface area (Å²) in [5.41, 5.74) is 6.55. The number of nitrogens with zero attached hydrogens (tertiary/aromatic N) is 1. The molecule has 0 aliphatic rings. The second-order valence-electron chi connectivity index (χ2n) is 3.71. The summed E-state index contributed by atoms with van der Waals surface area (Å²) < 4.78 is 4.83. The SMILES string of the molecule is CCOC(=O)CN(CC)C(=O)c1ccccc1N. The van der Waals surface area contributed by atoms with Crippen LogP contribution >= 0.6 is 0 Å². The molecule has 5 nitrogen and oxygen atoms in total. The minimum Gasteiger partial charge on any atom is -0.465 e. The minimum absolute atomic E-state index is 0.0580. The topological polar surface area (TPSA) is 72.6 Å². The first-order valence-corrected chi connectivity index (χ1v) is 5.89. The Labute approximate surface area is 107 Å². The van der Waals surface area contributed by atoms with Crippen LogP contribution in [-0.4, -0.2) is 36.5 Å². The number of ether oxygens (including phenoxy) is 1. The molecule has 0 atom stereocenters. The largest absolute Gasteiger partial charge is 0.465 e. The van der Waals surface area contributed by atoms with E-state index in [9.17, 15) is 9.59 Å². The zero-order valence-corrected chi connectivity index (χ0v) is 10.7. The molecule has 0 saturated heterocycles. The molecule has 0 radical (unpaired) electrons. The van der Waals surface area contributed by atoms with Gasteiger partial charge in [0.15, 0.2) is 0 Å². The lowest BCUT2D eigenvalue weighted by Gasteiger charge is -2.20. The number of amides is 1. The standard InChI is InChI=1S/C13H18N2O3/c1-3-15(9-12(16)18-4-2)13(17)10-7-5-6-8-11(10)14/h5-8H,3-4,9,14H2,1-2H3. The van der Waals surface area contributed by atoms with Crippen LogP contribution in [-0.2, 0) is 9.53 Å². The average Bonchev–Trinajstić information content (AvgIpc) is 2.36. The van der Waals surface area contributed by atoms with E-state index < -0.39 is 5.97 Å². The lowest BCUT2D eigenvalue weighted by molar-refractivity contribution is -0.143. The molecule has 0 aromatic heterocycles. The van der Waals surface area contributed by atoms with Crippen LogP contribution in [0.5, 0.6) is 0 Å². The Morgan fingerprint density at radius 1 is 1.28 bits per heavy atom. The highest BCUT2D eigenvalue weighted by atomic mass is 16.5. The Hall–Kier alpha value is -2.04. The van der Waals surface area contributed by atoms with Crippen molar-refractivity contribution in [2.24, 2.45) is 0 Å². The Balaban J connectivity index is 2.80. The maximum absolute atomic E-state index is 12.2. The van der Waals surface area contributed by atoms with E-state index in [0.29, 0.717) is 24.4 Å². The minimum atomic E-state index is -0.415. The molecule has 0 unspecified atom stereocenters. The van der Waals surface area contributed by atoms with E-state index in [1.165, 1.54) is 4.90 Å². The molecular weight excluding hydrogens is 232 g/mol. The van der Waals surface area contributed by atoms with Gasteiger partial charge < -0.3 is 15.4 Å². The fourth-order valence-corrected chi connectivity index (χ4v) is 1.55. The highest BCUT2D eigenvalue weighted by molar-refractivity contribution is 6.00. The second-order valence-corrected chi connectivity index (χ2v) is 3.71. The summed E-state index contributed by atoms with van der Waals surface area (Å²) in [5, 5.41) is 0.